The van der Waals surface area contributed by atoms with Crippen molar-refractivity contribution in [3.8, 4) is 0 Å². The first-order valence-corrected chi connectivity index (χ1v) is 4.90. The highest BCUT2D eigenvalue weighted by atomic mass is 16.4. The number of carboxylic acid groups (broad SMARTS) is 1. The number of aromatic nitrogens is 1. The second-order valence-electron chi connectivity index (χ2n) is 3.52. The van der Waals surface area contributed by atoms with E-state index in [1.165, 1.54) is 0 Å². The second kappa shape index (κ2) is 4.13. The molecule has 0 aliphatic rings. The molecule has 0 amide bonds. The maximum atomic E-state index is 11.8. The van der Waals surface area contributed by atoms with E-state index >= 15 is 0 Å². The van der Waals surface area contributed by atoms with E-state index in [1.807, 2.05) is 12.1 Å². The fourth-order valence-corrected chi connectivity index (χ4v) is 1.56. The molecule has 0 fully saturated rings. The third kappa shape index (κ3) is 2.03. The fraction of sp³-hybridized carbons (Fsp3) is 0. The Morgan fingerprint density at radius 3 is 2.71 bits per heavy atom. The van der Waals surface area contributed by atoms with Gasteiger partial charge in [0.05, 0.1) is 0 Å². The number of allylic oxidation sites excluding steroid dienone is 1. The Morgan fingerprint density at radius 1 is 1.29 bits per heavy atom. The summed E-state index contributed by atoms with van der Waals surface area (Å²) in [5.74, 6) is -1.74. The summed E-state index contributed by atoms with van der Waals surface area (Å²) in [6.07, 6.45) is 2.45. The van der Waals surface area contributed by atoms with Gasteiger partial charge in [0.25, 0.3) is 0 Å². The summed E-state index contributed by atoms with van der Waals surface area (Å²) in [5.41, 5.74) is 5.95. The number of rotatable bonds is 3. The van der Waals surface area contributed by atoms with Crippen LogP contribution in [-0.2, 0) is 4.79 Å². The van der Waals surface area contributed by atoms with Gasteiger partial charge in [-0.15, -0.1) is 0 Å². The monoisotopic (exact) mass is 230 g/mol. The molecule has 86 valence electrons. The second-order valence-corrected chi connectivity index (χ2v) is 3.52. The van der Waals surface area contributed by atoms with Crippen LogP contribution in [0, 0.1) is 0 Å². The molecule has 2 aromatic rings. The number of hydrogen-bond donors (Lipinski definition) is 3. The molecule has 0 atom stereocenters. The predicted octanol–water partition coefficient (Wildman–Crippen LogP) is 1.28. The number of para-hydroxylation sites is 1. The third-order valence-electron chi connectivity index (χ3n) is 2.39. The van der Waals surface area contributed by atoms with Gasteiger partial charge in [0.15, 0.2) is 5.78 Å². The van der Waals surface area contributed by atoms with Gasteiger partial charge in [0, 0.05) is 28.7 Å². The quantitative estimate of drug-likeness (QED) is 0.546. The molecular formula is C12H10N2O3. The predicted molar refractivity (Wildman–Crippen MR) is 62.5 cm³/mol. The Kier molecular flexibility index (Phi) is 2.66. The van der Waals surface area contributed by atoms with Crippen LogP contribution >= 0.6 is 0 Å². The van der Waals surface area contributed by atoms with Gasteiger partial charge in [-0.25, -0.2) is 4.79 Å². The van der Waals surface area contributed by atoms with Crippen LogP contribution in [0.15, 0.2) is 42.2 Å². The number of carbonyl (C=O) groups is 2. The minimum Gasteiger partial charge on any atom is -0.477 e. The van der Waals surface area contributed by atoms with Gasteiger partial charge >= 0.3 is 5.97 Å². The minimum atomic E-state index is -1.31. The summed E-state index contributed by atoms with van der Waals surface area (Å²) in [6.45, 7) is 0. The number of aromatic amines is 1. The molecule has 0 radical (unpaired) electrons. The highest BCUT2D eigenvalue weighted by Gasteiger charge is 2.11. The summed E-state index contributed by atoms with van der Waals surface area (Å²) in [7, 11) is 0. The Morgan fingerprint density at radius 2 is 2.00 bits per heavy atom. The van der Waals surface area contributed by atoms with Crippen molar-refractivity contribution in [1.29, 1.82) is 0 Å². The summed E-state index contributed by atoms with van der Waals surface area (Å²) in [6, 6.07) is 7.26. The number of carboxylic acids is 1. The van der Waals surface area contributed by atoms with Crippen LogP contribution in [0.1, 0.15) is 10.4 Å². The molecule has 1 heterocycles. The molecule has 0 aliphatic heterocycles. The number of H-pyrrole nitrogens is 1. The zero-order valence-corrected chi connectivity index (χ0v) is 8.81. The first-order valence-electron chi connectivity index (χ1n) is 4.90. The Bertz CT molecular complexity index is 625. The van der Waals surface area contributed by atoms with Gasteiger partial charge in [-0.3, -0.25) is 4.79 Å². The van der Waals surface area contributed by atoms with Crippen molar-refractivity contribution < 1.29 is 14.7 Å². The number of nitrogens with two attached hydrogens (primary N) is 1. The topological polar surface area (TPSA) is 96.2 Å². The molecule has 0 saturated heterocycles. The summed E-state index contributed by atoms with van der Waals surface area (Å²) in [5, 5.41) is 9.33. The minimum absolute atomic E-state index is 0.407. The van der Waals surface area contributed by atoms with E-state index < -0.39 is 17.4 Å². The molecule has 0 aliphatic carbocycles. The number of carbonyl (C=O) groups excluding carboxylic acids is 1. The van der Waals surface area contributed by atoms with E-state index in [0.29, 0.717) is 5.56 Å². The maximum absolute atomic E-state index is 11.8. The van der Waals surface area contributed by atoms with Crippen molar-refractivity contribution >= 4 is 22.7 Å². The van der Waals surface area contributed by atoms with Gasteiger partial charge in [0.2, 0.25) is 0 Å². The Balaban J connectivity index is 2.44. The molecule has 2 rings (SSSR count). The molecule has 4 N–H and O–H groups in total. The van der Waals surface area contributed by atoms with Gasteiger partial charge in [-0.1, -0.05) is 18.2 Å². The highest BCUT2D eigenvalue weighted by molar-refractivity contribution is 6.15. The normalized spacial score (nSPS) is 11.6. The van der Waals surface area contributed by atoms with Crippen molar-refractivity contribution in [1.82, 2.24) is 4.98 Å². The van der Waals surface area contributed by atoms with Crippen LogP contribution in [-0.4, -0.2) is 21.8 Å². The lowest BCUT2D eigenvalue weighted by Crippen LogP contribution is -2.12. The zero-order valence-electron chi connectivity index (χ0n) is 8.81. The maximum Gasteiger partial charge on any atom is 0.351 e. The smallest absolute Gasteiger partial charge is 0.351 e. The number of fused-ring (bicyclic) bond motifs is 1. The van der Waals surface area contributed by atoms with E-state index in [1.54, 1.807) is 18.3 Å². The van der Waals surface area contributed by atoms with E-state index in [0.717, 1.165) is 17.0 Å². The summed E-state index contributed by atoms with van der Waals surface area (Å²) < 4.78 is 0. The fourth-order valence-electron chi connectivity index (χ4n) is 1.56. The van der Waals surface area contributed by atoms with Crippen molar-refractivity contribution in [2.75, 3.05) is 0 Å². The molecule has 17 heavy (non-hydrogen) atoms. The lowest BCUT2D eigenvalue weighted by atomic mass is 10.1. The molecule has 0 saturated carbocycles. The SMILES string of the molecule is N/C(=C\C(=O)c1c[nH]c2ccccc12)C(=O)O. The van der Waals surface area contributed by atoms with Crippen LogP contribution < -0.4 is 5.73 Å². The van der Waals surface area contributed by atoms with Gasteiger partial charge in [-0.05, 0) is 6.07 Å². The first kappa shape index (κ1) is 10.9. The van der Waals surface area contributed by atoms with Crippen molar-refractivity contribution in [2.45, 2.75) is 0 Å². The van der Waals surface area contributed by atoms with E-state index in [9.17, 15) is 9.59 Å². The number of nitrogens with one attached hydrogen (secondary N) is 1. The number of benzene rings is 1. The zero-order chi connectivity index (χ0) is 12.4. The molecule has 5 heteroatoms. The van der Waals surface area contributed by atoms with E-state index in [-0.39, 0.29) is 0 Å². The van der Waals surface area contributed by atoms with E-state index in [2.05, 4.69) is 4.98 Å². The largest absolute Gasteiger partial charge is 0.477 e. The number of aliphatic carboxylic acids is 1. The summed E-state index contributed by atoms with van der Waals surface area (Å²) >= 11 is 0. The average molecular weight is 230 g/mol. The summed E-state index contributed by atoms with van der Waals surface area (Å²) in [4.78, 5) is 25.2. The van der Waals surface area contributed by atoms with Gasteiger partial charge in [0.1, 0.15) is 5.70 Å². The lowest BCUT2D eigenvalue weighted by Gasteiger charge is -1.95. The van der Waals surface area contributed by atoms with Gasteiger partial charge < -0.3 is 15.8 Å². The van der Waals surface area contributed by atoms with E-state index in [4.69, 9.17) is 10.8 Å². The number of hydrogen-bond acceptors (Lipinski definition) is 3. The van der Waals surface area contributed by atoms with Gasteiger partial charge in [-0.2, -0.15) is 0 Å². The average Bonchev–Trinajstić information content (AvgIpc) is 2.72. The highest BCUT2D eigenvalue weighted by Crippen LogP contribution is 2.18. The lowest BCUT2D eigenvalue weighted by molar-refractivity contribution is -0.132. The standard InChI is InChI=1S/C12H10N2O3/c13-9(12(16)17)5-11(15)8-6-14-10-4-2-1-3-7(8)10/h1-6,14H,13H2,(H,16,17)/b9-5-. The molecule has 0 bridgehead atoms. The van der Waals surface area contributed by atoms with Crippen molar-refractivity contribution in [3.05, 3.63) is 47.8 Å². The van der Waals surface area contributed by atoms with Crippen LogP contribution in [0.2, 0.25) is 0 Å². The Labute approximate surface area is 96.5 Å². The molecular weight excluding hydrogens is 220 g/mol. The molecule has 0 unspecified atom stereocenters. The van der Waals surface area contributed by atoms with Crippen LogP contribution in [0.25, 0.3) is 10.9 Å². The van der Waals surface area contributed by atoms with Crippen LogP contribution in [0.4, 0.5) is 0 Å². The molecule has 5 nitrogen and oxygen atoms in total. The molecule has 1 aromatic heterocycles. The van der Waals surface area contributed by atoms with Crippen molar-refractivity contribution in [2.24, 2.45) is 5.73 Å². The Hall–Kier alpha value is -2.56. The number of ketones is 1. The third-order valence-corrected chi connectivity index (χ3v) is 2.39. The van der Waals surface area contributed by atoms with Crippen LogP contribution in [0.5, 0.6) is 0 Å². The van der Waals surface area contributed by atoms with Crippen molar-refractivity contribution in [3.63, 3.8) is 0 Å². The molecule has 1 aromatic carbocycles. The van der Waals surface area contributed by atoms with Crippen LogP contribution in [0.3, 0.4) is 0 Å². The molecule has 0 spiro atoms. The first-order chi connectivity index (χ1) is 8.09.